The number of ether oxygens (including phenoxy) is 1. The second kappa shape index (κ2) is 5.44. The van der Waals surface area contributed by atoms with Crippen LogP contribution in [-0.2, 0) is 16.8 Å². The van der Waals surface area contributed by atoms with Crippen molar-refractivity contribution in [1.29, 1.82) is 0 Å². The van der Waals surface area contributed by atoms with Gasteiger partial charge in [0.1, 0.15) is 6.61 Å². The van der Waals surface area contributed by atoms with E-state index in [0.29, 0.717) is 24.0 Å². The number of hydrogen-bond acceptors (Lipinski definition) is 2. The van der Waals surface area contributed by atoms with Crippen molar-refractivity contribution >= 4 is 5.97 Å². The van der Waals surface area contributed by atoms with Crippen molar-refractivity contribution in [3.8, 4) is 5.75 Å². The molecule has 3 rings (SSSR count). The summed E-state index contributed by atoms with van der Waals surface area (Å²) in [6.07, 6.45) is 1.12. The molecule has 1 aliphatic carbocycles. The van der Waals surface area contributed by atoms with Crippen molar-refractivity contribution in [3.63, 3.8) is 0 Å². The van der Waals surface area contributed by atoms with E-state index in [1.54, 1.807) is 13.0 Å². The summed E-state index contributed by atoms with van der Waals surface area (Å²) in [7, 11) is 0. The molecule has 2 aromatic carbocycles. The lowest BCUT2D eigenvalue weighted by Crippen LogP contribution is -2.20. The smallest absolute Gasteiger partial charge is 0.314 e. The molecule has 3 nitrogen and oxygen atoms in total. The SMILES string of the molecule is Cc1cc(C2(C(=O)O)CC2)cc(F)c1OCc1ccccc1. The maximum absolute atomic E-state index is 14.3. The van der Waals surface area contributed by atoms with Crippen molar-refractivity contribution in [1.82, 2.24) is 0 Å². The van der Waals surface area contributed by atoms with Gasteiger partial charge >= 0.3 is 5.97 Å². The lowest BCUT2D eigenvalue weighted by atomic mass is 9.94. The topological polar surface area (TPSA) is 46.5 Å². The van der Waals surface area contributed by atoms with Crippen LogP contribution in [-0.4, -0.2) is 11.1 Å². The van der Waals surface area contributed by atoms with Crippen LogP contribution in [0.4, 0.5) is 4.39 Å². The van der Waals surface area contributed by atoms with Crippen LogP contribution in [0.15, 0.2) is 42.5 Å². The first-order valence-electron chi connectivity index (χ1n) is 7.24. The van der Waals surface area contributed by atoms with Crippen molar-refractivity contribution < 1.29 is 19.0 Å². The van der Waals surface area contributed by atoms with Gasteiger partial charge in [-0.25, -0.2) is 4.39 Å². The minimum Gasteiger partial charge on any atom is -0.486 e. The molecule has 0 radical (unpaired) electrons. The van der Waals surface area contributed by atoms with E-state index in [-0.39, 0.29) is 12.4 Å². The molecule has 0 saturated heterocycles. The third kappa shape index (κ3) is 2.56. The lowest BCUT2D eigenvalue weighted by Gasteiger charge is -2.15. The molecule has 1 saturated carbocycles. The number of aliphatic carboxylic acids is 1. The Morgan fingerprint density at radius 3 is 2.50 bits per heavy atom. The van der Waals surface area contributed by atoms with Crippen LogP contribution in [0, 0.1) is 12.7 Å². The molecule has 0 aliphatic heterocycles. The number of halogens is 1. The number of hydrogen-bond donors (Lipinski definition) is 1. The molecule has 0 unspecified atom stereocenters. The lowest BCUT2D eigenvalue weighted by molar-refractivity contribution is -0.140. The number of benzene rings is 2. The average molecular weight is 300 g/mol. The van der Waals surface area contributed by atoms with Crippen LogP contribution in [0.3, 0.4) is 0 Å². The Kier molecular flexibility index (Phi) is 3.61. The molecule has 0 bridgehead atoms. The van der Waals surface area contributed by atoms with E-state index in [4.69, 9.17) is 4.74 Å². The van der Waals surface area contributed by atoms with Crippen LogP contribution < -0.4 is 4.74 Å². The van der Waals surface area contributed by atoms with E-state index in [0.717, 1.165) is 5.56 Å². The highest BCUT2D eigenvalue weighted by Gasteiger charge is 2.52. The van der Waals surface area contributed by atoms with Crippen LogP contribution in [0.25, 0.3) is 0 Å². The van der Waals surface area contributed by atoms with E-state index in [1.165, 1.54) is 6.07 Å². The van der Waals surface area contributed by atoms with Gasteiger partial charge in [-0.05, 0) is 42.5 Å². The molecule has 0 amide bonds. The van der Waals surface area contributed by atoms with Gasteiger partial charge in [0.25, 0.3) is 0 Å². The van der Waals surface area contributed by atoms with Gasteiger partial charge in [-0.15, -0.1) is 0 Å². The summed E-state index contributed by atoms with van der Waals surface area (Å²) in [6.45, 7) is 2.02. The van der Waals surface area contributed by atoms with Crippen LogP contribution in [0.1, 0.15) is 29.5 Å². The fraction of sp³-hybridized carbons (Fsp3) is 0.278. The fourth-order valence-electron chi connectivity index (χ4n) is 2.67. The molecule has 2 aromatic rings. The van der Waals surface area contributed by atoms with Gasteiger partial charge in [0.05, 0.1) is 5.41 Å². The second-order valence-corrected chi connectivity index (χ2v) is 5.77. The Morgan fingerprint density at radius 1 is 1.27 bits per heavy atom. The summed E-state index contributed by atoms with van der Waals surface area (Å²) in [6, 6.07) is 12.5. The van der Waals surface area contributed by atoms with Gasteiger partial charge in [-0.1, -0.05) is 36.4 Å². The van der Waals surface area contributed by atoms with Gasteiger partial charge in [0.15, 0.2) is 11.6 Å². The molecule has 1 fully saturated rings. The highest BCUT2D eigenvalue weighted by molar-refractivity contribution is 5.85. The zero-order chi connectivity index (χ0) is 15.7. The van der Waals surface area contributed by atoms with Gasteiger partial charge in [-0.2, -0.15) is 0 Å². The van der Waals surface area contributed by atoms with Crippen molar-refractivity contribution in [2.75, 3.05) is 0 Å². The van der Waals surface area contributed by atoms with Crippen LogP contribution in [0.2, 0.25) is 0 Å². The molecular weight excluding hydrogens is 283 g/mol. The fourth-order valence-corrected chi connectivity index (χ4v) is 2.67. The highest BCUT2D eigenvalue weighted by atomic mass is 19.1. The van der Waals surface area contributed by atoms with Crippen LogP contribution in [0.5, 0.6) is 5.75 Å². The van der Waals surface area contributed by atoms with Crippen molar-refractivity contribution in [2.24, 2.45) is 0 Å². The minimum absolute atomic E-state index is 0.189. The first-order chi connectivity index (χ1) is 10.5. The Bertz CT molecular complexity index is 683. The quantitative estimate of drug-likeness (QED) is 0.913. The number of aryl methyl sites for hydroxylation is 1. The zero-order valence-corrected chi connectivity index (χ0v) is 12.3. The summed E-state index contributed by atoms with van der Waals surface area (Å²) in [5.74, 6) is -1.20. The molecule has 22 heavy (non-hydrogen) atoms. The molecule has 1 N–H and O–H groups in total. The summed E-state index contributed by atoms with van der Waals surface area (Å²) in [4.78, 5) is 11.3. The second-order valence-electron chi connectivity index (χ2n) is 5.77. The maximum Gasteiger partial charge on any atom is 0.314 e. The van der Waals surface area contributed by atoms with Gasteiger partial charge in [0.2, 0.25) is 0 Å². The molecule has 0 atom stereocenters. The molecular formula is C18H17FO3. The van der Waals surface area contributed by atoms with Gasteiger partial charge in [-0.3, -0.25) is 4.79 Å². The first-order valence-corrected chi connectivity index (χ1v) is 7.24. The van der Waals surface area contributed by atoms with Crippen molar-refractivity contribution in [3.05, 3.63) is 65.0 Å². The third-order valence-electron chi connectivity index (χ3n) is 4.17. The molecule has 114 valence electrons. The summed E-state index contributed by atoms with van der Waals surface area (Å²) >= 11 is 0. The minimum atomic E-state index is -0.899. The van der Waals surface area contributed by atoms with Crippen molar-refractivity contribution in [2.45, 2.75) is 31.8 Å². The van der Waals surface area contributed by atoms with E-state index < -0.39 is 17.2 Å². The normalized spacial score (nSPS) is 15.4. The van der Waals surface area contributed by atoms with E-state index in [2.05, 4.69) is 0 Å². The third-order valence-corrected chi connectivity index (χ3v) is 4.17. The van der Waals surface area contributed by atoms with E-state index >= 15 is 0 Å². The molecule has 0 heterocycles. The number of carbonyl (C=O) groups is 1. The highest BCUT2D eigenvalue weighted by Crippen LogP contribution is 2.49. The van der Waals surface area contributed by atoms with Gasteiger partial charge < -0.3 is 9.84 Å². The average Bonchev–Trinajstić information content (AvgIpc) is 3.29. The Morgan fingerprint density at radius 2 is 1.95 bits per heavy atom. The summed E-state index contributed by atoms with van der Waals surface area (Å²) in [5.41, 5.74) is 1.21. The standard InChI is InChI=1S/C18H17FO3/c1-12-9-14(18(7-8-18)17(20)21)10-15(19)16(12)22-11-13-5-3-2-4-6-13/h2-6,9-10H,7-8,11H2,1H3,(H,20,21). The Labute approximate surface area is 128 Å². The zero-order valence-electron chi connectivity index (χ0n) is 12.3. The molecule has 4 heteroatoms. The van der Waals surface area contributed by atoms with E-state index in [1.807, 2.05) is 30.3 Å². The number of rotatable bonds is 5. The van der Waals surface area contributed by atoms with E-state index in [9.17, 15) is 14.3 Å². The maximum atomic E-state index is 14.3. The molecule has 1 aliphatic rings. The summed E-state index contributed by atoms with van der Waals surface area (Å²) < 4.78 is 19.9. The van der Waals surface area contributed by atoms with Crippen LogP contribution >= 0.6 is 0 Å². The van der Waals surface area contributed by atoms with Gasteiger partial charge in [0, 0.05) is 0 Å². The molecule has 0 spiro atoms. The predicted molar refractivity (Wildman–Crippen MR) is 80.5 cm³/mol. The summed E-state index contributed by atoms with van der Waals surface area (Å²) in [5, 5.41) is 9.31. The largest absolute Gasteiger partial charge is 0.486 e. The monoisotopic (exact) mass is 300 g/mol. The Balaban J connectivity index is 1.83. The number of carboxylic acids is 1. The number of carboxylic acid groups (broad SMARTS) is 1. The molecule has 0 aromatic heterocycles. The predicted octanol–water partition coefficient (Wildman–Crippen LogP) is 3.83. The first kappa shape index (κ1) is 14.6. The Hall–Kier alpha value is -2.36.